The molecule has 3 rings (SSSR count). The summed E-state index contributed by atoms with van der Waals surface area (Å²) in [5.41, 5.74) is -0.650. The van der Waals surface area contributed by atoms with Crippen molar-refractivity contribution in [3.8, 4) is 11.6 Å². The first kappa shape index (κ1) is 17.4. The summed E-state index contributed by atoms with van der Waals surface area (Å²) in [7, 11) is 0. The maximum atomic E-state index is 12.1. The fraction of sp³-hybridized carbons (Fsp3) is 0. The molecular formula is C17H11ClIN3O3. The van der Waals surface area contributed by atoms with Crippen molar-refractivity contribution in [1.82, 2.24) is 9.55 Å². The molecule has 25 heavy (non-hydrogen) atoms. The van der Waals surface area contributed by atoms with Crippen molar-refractivity contribution in [2.24, 2.45) is 4.99 Å². The van der Waals surface area contributed by atoms with E-state index in [9.17, 15) is 14.7 Å². The molecule has 0 amide bonds. The summed E-state index contributed by atoms with van der Waals surface area (Å²) in [4.78, 5) is 30.6. The maximum absolute atomic E-state index is 12.1. The fourth-order valence-corrected chi connectivity index (χ4v) is 2.91. The Morgan fingerprint density at radius 3 is 2.64 bits per heavy atom. The molecule has 0 aliphatic carbocycles. The normalized spacial score (nSPS) is 11.1. The second-order valence-electron chi connectivity index (χ2n) is 5.02. The number of nitrogens with zero attached hydrogens (tertiary/aromatic N) is 2. The van der Waals surface area contributed by atoms with Crippen LogP contribution in [-0.2, 0) is 0 Å². The zero-order valence-electron chi connectivity index (χ0n) is 12.6. The molecule has 0 aliphatic heterocycles. The van der Waals surface area contributed by atoms with E-state index in [1.165, 1.54) is 12.3 Å². The van der Waals surface area contributed by atoms with E-state index in [2.05, 4.69) is 32.6 Å². The first-order chi connectivity index (χ1) is 12.0. The lowest BCUT2D eigenvalue weighted by molar-refractivity contribution is 0.430. The van der Waals surface area contributed by atoms with Gasteiger partial charge in [-0.25, -0.2) is 9.36 Å². The van der Waals surface area contributed by atoms with Gasteiger partial charge in [-0.05, 0) is 52.9 Å². The standard InChI is InChI=1S/C17H11ClIN3O3/c18-10-4-3-5-11(8-10)22-16(24)12(15(23)21-17(22)25)9-20-14-7-2-1-6-13(14)19/h1-9,24H,(H,21,23,25). The lowest BCUT2D eigenvalue weighted by Crippen LogP contribution is -2.31. The van der Waals surface area contributed by atoms with Crippen molar-refractivity contribution in [2.75, 3.05) is 0 Å². The van der Waals surface area contributed by atoms with E-state index in [0.717, 1.165) is 8.14 Å². The number of rotatable bonds is 3. The van der Waals surface area contributed by atoms with E-state index in [0.29, 0.717) is 16.4 Å². The van der Waals surface area contributed by atoms with E-state index in [1.807, 2.05) is 18.2 Å². The minimum atomic E-state index is -0.767. The Bertz CT molecular complexity index is 1090. The molecule has 0 spiro atoms. The maximum Gasteiger partial charge on any atom is 0.335 e. The summed E-state index contributed by atoms with van der Waals surface area (Å²) in [5, 5.41) is 10.8. The van der Waals surface area contributed by atoms with Crippen molar-refractivity contribution in [3.05, 3.63) is 83.5 Å². The SMILES string of the molecule is O=c1[nH]c(=O)n(-c2cccc(Cl)c2)c(O)c1C=Nc1ccccc1I. The first-order valence-corrected chi connectivity index (χ1v) is 8.56. The van der Waals surface area contributed by atoms with Crippen LogP contribution in [0.2, 0.25) is 5.02 Å². The molecule has 0 saturated heterocycles. The highest BCUT2D eigenvalue weighted by molar-refractivity contribution is 14.1. The first-order valence-electron chi connectivity index (χ1n) is 7.10. The number of aromatic amines is 1. The average molecular weight is 468 g/mol. The number of hydrogen-bond acceptors (Lipinski definition) is 4. The van der Waals surface area contributed by atoms with E-state index in [4.69, 9.17) is 11.6 Å². The third kappa shape index (κ3) is 3.67. The van der Waals surface area contributed by atoms with Crippen LogP contribution in [0.1, 0.15) is 5.56 Å². The Balaban J connectivity index is 2.16. The molecule has 1 aromatic heterocycles. The van der Waals surface area contributed by atoms with Gasteiger partial charge in [-0.15, -0.1) is 0 Å². The number of para-hydroxylation sites is 1. The molecule has 0 saturated carbocycles. The zero-order valence-corrected chi connectivity index (χ0v) is 15.5. The summed E-state index contributed by atoms with van der Waals surface area (Å²) in [5.74, 6) is -0.509. The molecule has 0 radical (unpaired) electrons. The second-order valence-corrected chi connectivity index (χ2v) is 6.62. The van der Waals surface area contributed by atoms with Crippen molar-refractivity contribution >= 4 is 46.1 Å². The van der Waals surface area contributed by atoms with Gasteiger partial charge in [0, 0.05) is 14.8 Å². The number of aromatic hydroxyl groups is 1. The number of H-pyrrole nitrogens is 1. The van der Waals surface area contributed by atoms with E-state index < -0.39 is 17.1 Å². The Hall–Kier alpha value is -2.39. The molecule has 0 atom stereocenters. The monoisotopic (exact) mass is 467 g/mol. The zero-order chi connectivity index (χ0) is 18.0. The minimum Gasteiger partial charge on any atom is -0.493 e. The van der Waals surface area contributed by atoms with Crippen LogP contribution in [0.4, 0.5) is 5.69 Å². The second kappa shape index (κ2) is 7.24. The van der Waals surface area contributed by atoms with Gasteiger partial charge < -0.3 is 5.11 Å². The van der Waals surface area contributed by atoms with Gasteiger partial charge in [-0.3, -0.25) is 14.8 Å². The Labute approximate surface area is 160 Å². The number of nitrogens with one attached hydrogen (secondary N) is 1. The summed E-state index contributed by atoms with van der Waals surface area (Å²) < 4.78 is 1.85. The van der Waals surface area contributed by atoms with Gasteiger partial charge in [-0.1, -0.05) is 29.8 Å². The minimum absolute atomic E-state index is 0.126. The molecule has 6 nitrogen and oxygen atoms in total. The van der Waals surface area contributed by atoms with Crippen molar-refractivity contribution in [2.45, 2.75) is 0 Å². The number of halogens is 2. The molecule has 0 unspecified atom stereocenters. The number of hydrogen-bond donors (Lipinski definition) is 2. The fourth-order valence-electron chi connectivity index (χ4n) is 2.20. The Morgan fingerprint density at radius 1 is 1.16 bits per heavy atom. The van der Waals surface area contributed by atoms with Crippen molar-refractivity contribution in [3.63, 3.8) is 0 Å². The average Bonchev–Trinajstić information content (AvgIpc) is 2.56. The Kier molecular flexibility index (Phi) is 5.05. The molecule has 3 aromatic rings. The Morgan fingerprint density at radius 2 is 1.92 bits per heavy atom. The van der Waals surface area contributed by atoms with Gasteiger partial charge in [0.25, 0.3) is 5.56 Å². The predicted octanol–water partition coefficient (Wildman–Crippen LogP) is 3.24. The molecule has 0 fully saturated rings. The summed E-state index contributed by atoms with van der Waals surface area (Å²) >= 11 is 8.05. The lowest BCUT2D eigenvalue weighted by atomic mass is 10.3. The van der Waals surface area contributed by atoms with Gasteiger partial charge in [0.05, 0.1) is 11.4 Å². The third-order valence-electron chi connectivity index (χ3n) is 3.37. The highest BCUT2D eigenvalue weighted by Gasteiger charge is 2.14. The van der Waals surface area contributed by atoms with Crippen LogP contribution in [0.5, 0.6) is 5.88 Å². The van der Waals surface area contributed by atoms with Crippen LogP contribution in [-0.4, -0.2) is 20.9 Å². The van der Waals surface area contributed by atoms with E-state index in [-0.39, 0.29) is 5.56 Å². The van der Waals surface area contributed by atoms with Crippen LogP contribution < -0.4 is 11.2 Å². The van der Waals surface area contributed by atoms with Gasteiger partial charge >= 0.3 is 5.69 Å². The molecule has 0 aliphatic rings. The van der Waals surface area contributed by atoms with Crippen molar-refractivity contribution in [1.29, 1.82) is 0 Å². The van der Waals surface area contributed by atoms with Crippen LogP contribution in [0, 0.1) is 3.57 Å². The van der Waals surface area contributed by atoms with Crippen LogP contribution >= 0.6 is 34.2 Å². The van der Waals surface area contributed by atoms with Gasteiger partial charge in [0.1, 0.15) is 5.56 Å². The molecule has 8 heteroatoms. The van der Waals surface area contributed by atoms with Gasteiger partial charge in [-0.2, -0.15) is 0 Å². The van der Waals surface area contributed by atoms with Crippen LogP contribution in [0.25, 0.3) is 5.69 Å². The van der Waals surface area contributed by atoms with Gasteiger partial charge in [0.2, 0.25) is 5.88 Å². The molecular weight excluding hydrogens is 457 g/mol. The predicted molar refractivity (Wildman–Crippen MR) is 106 cm³/mol. The topological polar surface area (TPSA) is 87.5 Å². The van der Waals surface area contributed by atoms with Crippen LogP contribution in [0.3, 0.4) is 0 Å². The molecule has 2 aromatic carbocycles. The van der Waals surface area contributed by atoms with Crippen LogP contribution in [0.15, 0.2) is 63.1 Å². The number of aliphatic imine (C=N–C) groups is 1. The lowest BCUT2D eigenvalue weighted by Gasteiger charge is -2.09. The van der Waals surface area contributed by atoms with Crippen molar-refractivity contribution < 1.29 is 5.11 Å². The summed E-state index contributed by atoms with van der Waals surface area (Å²) in [6.45, 7) is 0. The molecule has 0 bridgehead atoms. The van der Waals surface area contributed by atoms with E-state index in [1.54, 1.807) is 24.3 Å². The largest absolute Gasteiger partial charge is 0.493 e. The summed E-state index contributed by atoms with van der Waals surface area (Å²) in [6, 6.07) is 13.7. The summed E-state index contributed by atoms with van der Waals surface area (Å²) in [6.07, 6.45) is 1.23. The number of aromatic nitrogens is 2. The molecule has 126 valence electrons. The van der Waals surface area contributed by atoms with E-state index >= 15 is 0 Å². The third-order valence-corrected chi connectivity index (χ3v) is 4.52. The smallest absolute Gasteiger partial charge is 0.335 e. The molecule has 2 N–H and O–H groups in total. The quantitative estimate of drug-likeness (QED) is 0.458. The molecule has 1 heterocycles. The van der Waals surface area contributed by atoms with Gasteiger partial charge in [0.15, 0.2) is 0 Å². The highest BCUT2D eigenvalue weighted by Crippen LogP contribution is 2.22. The number of benzene rings is 2. The highest BCUT2D eigenvalue weighted by atomic mass is 127.